The van der Waals surface area contributed by atoms with Gasteiger partial charge in [-0.05, 0) is 13.3 Å². The number of likely N-dealkylation sites (N-methyl/N-ethyl adjacent to an activating group) is 1. The predicted octanol–water partition coefficient (Wildman–Crippen LogP) is 4.27. The van der Waals surface area contributed by atoms with Gasteiger partial charge in [0.1, 0.15) is 22.9 Å². The highest BCUT2D eigenvalue weighted by atomic mass is 16.5. The zero-order valence-corrected chi connectivity index (χ0v) is 24.2. The van der Waals surface area contributed by atoms with E-state index in [0.29, 0.717) is 6.42 Å². The molecule has 0 saturated heterocycles. The van der Waals surface area contributed by atoms with E-state index in [-0.39, 0.29) is 94.0 Å². The van der Waals surface area contributed by atoms with Crippen LogP contribution >= 0.6 is 0 Å². The second kappa shape index (κ2) is 17.0. The van der Waals surface area contributed by atoms with Crippen molar-refractivity contribution >= 4 is 23.3 Å². The Morgan fingerprint density at radius 1 is 0.750 bits per heavy atom. The van der Waals surface area contributed by atoms with Crippen LogP contribution in [0.1, 0.15) is 87.5 Å². The fraction of sp³-hybridized carbons (Fsp3) is 0.857. The van der Waals surface area contributed by atoms with E-state index in [1.165, 1.54) is 6.92 Å². The number of amides is 1. The lowest BCUT2D eigenvalue weighted by Crippen LogP contribution is -2.61. The van der Waals surface area contributed by atoms with E-state index in [1.807, 2.05) is 48.5 Å². The number of rotatable bonds is 21. The first-order valence-corrected chi connectivity index (χ1v) is 13.3. The monoisotopic (exact) mass is 513 g/mol. The average molecular weight is 514 g/mol. The molecule has 0 N–H and O–H groups in total. The molecule has 8 heteroatoms. The van der Waals surface area contributed by atoms with Crippen molar-refractivity contribution in [2.75, 3.05) is 46.7 Å². The maximum Gasteiger partial charge on any atom is 0.228 e. The van der Waals surface area contributed by atoms with Crippen molar-refractivity contribution in [3.63, 3.8) is 0 Å². The molecule has 36 heavy (non-hydrogen) atoms. The number of ketones is 3. The topological polar surface area (TPSA) is 99.2 Å². The summed E-state index contributed by atoms with van der Waals surface area (Å²) in [7, 11) is 1.72. The van der Waals surface area contributed by atoms with Gasteiger partial charge in [-0.15, -0.1) is 0 Å². The Morgan fingerprint density at radius 3 is 1.47 bits per heavy atom. The normalized spacial score (nSPS) is 12.3. The maximum atomic E-state index is 13.6. The van der Waals surface area contributed by atoms with Crippen LogP contribution in [0, 0.1) is 17.3 Å². The third kappa shape index (κ3) is 12.5. The van der Waals surface area contributed by atoms with Crippen LogP contribution in [0.2, 0.25) is 0 Å². The fourth-order valence-electron chi connectivity index (χ4n) is 3.74. The molecule has 8 nitrogen and oxygen atoms in total. The van der Waals surface area contributed by atoms with Gasteiger partial charge in [0, 0.05) is 43.6 Å². The van der Waals surface area contributed by atoms with Crippen LogP contribution in [0.4, 0.5) is 0 Å². The van der Waals surface area contributed by atoms with E-state index in [1.54, 1.807) is 11.9 Å². The first-order valence-electron chi connectivity index (χ1n) is 13.3. The van der Waals surface area contributed by atoms with Crippen LogP contribution in [0.3, 0.4) is 0 Å². The van der Waals surface area contributed by atoms with Crippen LogP contribution in [-0.2, 0) is 33.4 Å². The molecule has 0 fully saturated rings. The lowest BCUT2D eigenvalue weighted by Gasteiger charge is -2.44. The van der Waals surface area contributed by atoms with Gasteiger partial charge >= 0.3 is 0 Å². The number of hydrogen-bond acceptors (Lipinski definition) is 7. The molecule has 0 aromatic carbocycles. The van der Waals surface area contributed by atoms with Crippen molar-refractivity contribution in [3.05, 3.63) is 0 Å². The van der Waals surface area contributed by atoms with Gasteiger partial charge in [0.05, 0.1) is 39.6 Å². The molecule has 0 bridgehead atoms. The highest BCUT2D eigenvalue weighted by Crippen LogP contribution is 2.29. The minimum Gasteiger partial charge on any atom is -0.378 e. The molecular formula is C28H51NO7. The molecule has 0 saturated carbocycles. The second-order valence-electron chi connectivity index (χ2n) is 11.1. The van der Waals surface area contributed by atoms with E-state index < -0.39 is 11.0 Å². The Kier molecular flexibility index (Phi) is 16.2. The molecule has 0 aliphatic carbocycles. The third-order valence-corrected chi connectivity index (χ3v) is 6.45. The highest BCUT2D eigenvalue weighted by Gasteiger charge is 2.43. The fourth-order valence-corrected chi connectivity index (χ4v) is 3.74. The van der Waals surface area contributed by atoms with Crippen LogP contribution in [0.5, 0.6) is 0 Å². The van der Waals surface area contributed by atoms with Crippen LogP contribution in [0.15, 0.2) is 0 Å². The summed E-state index contributed by atoms with van der Waals surface area (Å²) in [5, 5.41) is 0. The van der Waals surface area contributed by atoms with Gasteiger partial charge < -0.3 is 19.1 Å². The quantitative estimate of drug-likeness (QED) is 0.211. The number of hydrogen-bond donors (Lipinski definition) is 0. The van der Waals surface area contributed by atoms with Gasteiger partial charge in [0.2, 0.25) is 5.91 Å². The molecule has 0 heterocycles. The molecule has 0 aliphatic heterocycles. The molecule has 0 aromatic rings. The zero-order valence-electron chi connectivity index (χ0n) is 24.2. The van der Waals surface area contributed by atoms with Crippen LogP contribution in [0.25, 0.3) is 0 Å². The van der Waals surface area contributed by atoms with Gasteiger partial charge in [-0.2, -0.15) is 0 Å². The van der Waals surface area contributed by atoms with E-state index in [2.05, 4.69) is 0 Å². The van der Waals surface area contributed by atoms with Crippen molar-refractivity contribution in [2.24, 2.45) is 17.3 Å². The van der Waals surface area contributed by atoms with E-state index >= 15 is 0 Å². The summed E-state index contributed by atoms with van der Waals surface area (Å²) in [5.74, 6) is 0.0122. The van der Waals surface area contributed by atoms with Gasteiger partial charge in [0.15, 0.2) is 0 Å². The van der Waals surface area contributed by atoms with Gasteiger partial charge in [-0.1, -0.05) is 54.9 Å². The Labute approximate surface area is 218 Å². The minimum atomic E-state index is -0.985. The van der Waals surface area contributed by atoms with E-state index in [4.69, 9.17) is 14.2 Å². The molecule has 0 spiro atoms. The van der Waals surface area contributed by atoms with Gasteiger partial charge in [0.25, 0.3) is 0 Å². The molecule has 0 aromatic heterocycles. The lowest BCUT2D eigenvalue weighted by molar-refractivity contribution is -0.159. The van der Waals surface area contributed by atoms with Crippen LogP contribution < -0.4 is 0 Å². The summed E-state index contributed by atoms with van der Waals surface area (Å²) in [4.78, 5) is 50.8. The highest BCUT2D eigenvalue weighted by molar-refractivity contribution is 5.82. The number of ether oxygens (including phenoxy) is 3. The SMILES string of the molecule is CCCC(C)(C)C(=O)N(C)C(COCCC(C)=O)(COCCC(=O)C(C)C)COCCC(=O)C(C)C. The molecule has 210 valence electrons. The lowest BCUT2D eigenvalue weighted by atomic mass is 9.84. The summed E-state index contributed by atoms with van der Waals surface area (Å²) in [5.41, 5.74) is -1.59. The summed E-state index contributed by atoms with van der Waals surface area (Å²) in [6, 6.07) is 0. The Morgan fingerprint density at radius 2 is 1.14 bits per heavy atom. The Balaban J connectivity index is 5.80. The Hall–Kier alpha value is -1.64. The predicted molar refractivity (Wildman–Crippen MR) is 141 cm³/mol. The first-order chi connectivity index (χ1) is 16.7. The van der Waals surface area contributed by atoms with E-state index in [9.17, 15) is 19.2 Å². The molecule has 0 atom stereocenters. The molecule has 0 radical (unpaired) electrons. The third-order valence-electron chi connectivity index (χ3n) is 6.45. The van der Waals surface area contributed by atoms with Gasteiger partial charge in [-0.3, -0.25) is 19.2 Å². The number of nitrogens with zero attached hydrogens (tertiary/aromatic N) is 1. The van der Waals surface area contributed by atoms with Crippen molar-refractivity contribution < 1.29 is 33.4 Å². The van der Waals surface area contributed by atoms with Crippen molar-refractivity contribution in [3.8, 4) is 0 Å². The summed E-state index contributed by atoms with van der Waals surface area (Å²) in [6.07, 6.45) is 2.40. The molecular weight excluding hydrogens is 462 g/mol. The zero-order chi connectivity index (χ0) is 27.9. The summed E-state index contributed by atoms with van der Waals surface area (Å²) in [6.45, 7) is 15.7. The molecule has 1 amide bonds. The van der Waals surface area contributed by atoms with E-state index in [0.717, 1.165) is 6.42 Å². The minimum absolute atomic E-state index is 0.0148. The maximum absolute atomic E-state index is 13.6. The number of carbonyl (C=O) groups is 4. The smallest absolute Gasteiger partial charge is 0.228 e. The summed E-state index contributed by atoms with van der Waals surface area (Å²) < 4.78 is 17.8. The number of carbonyl (C=O) groups excluding carboxylic acids is 4. The first kappa shape index (κ1) is 34.4. The largest absolute Gasteiger partial charge is 0.378 e. The van der Waals surface area contributed by atoms with Crippen molar-refractivity contribution in [1.29, 1.82) is 0 Å². The molecule has 0 unspecified atom stereocenters. The van der Waals surface area contributed by atoms with Crippen molar-refractivity contribution in [2.45, 2.75) is 93.0 Å². The van der Waals surface area contributed by atoms with Crippen molar-refractivity contribution in [1.82, 2.24) is 4.90 Å². The van der Waals surface area contributed by atoms with Crippen LogP contribution in [-0.4, -0.2) is 80.4 Å². The number of Topliss-reactive ketones (excluding diaryl/α,β-unsaturated/α-hetero) is 3. The summed E-state index contributed by atoms with van der Waals surface area (Å²) >= 11 is 0. The molecule has 0 rings (SSSR count). The second-order valence-corrected chi connectivity index (χ2v) is 11.1. The Bertz CT molecular complexity index is 672. The molecule has 0 aliphatic rings. The standard InChI is InChI=1S/C28H51NO7/c1-10-14-27(7,8)26(33)29(9)28(18-34-15-11-23(6)30,19-35-16-12-24(31)21(2)3)20-36-17-13-25(32)22(4)5/h21-22H,10-20H2,1-9H3. The van der Waals surface area contributed by atoms with Gasteiger partial charge in [-0.25, -0.2) is 0 Å². The average Bonchev–Trinajstić information content (AvgIpc) is 2.79.